The Kier molecular flexibility index (Phi) is 10.5. The molecule has 0 aromatic heterocycles. The van der Waals surface area contributed by atoms with E-state index in [-0.39, 0.29) is 12.5 Å². The molecule has 0 heterocycles. The molecule has 0 aliphatic heterocycles. The number of amides is 2. The van der Waals surface area contributed by atoms with E-state index < -0.39 is 28.5 Å². The zero-order valence-corrected chi connectivity index (χ0v) is 23.2. The van der Waals surface area contributed by atoms with Crippen LogP contribution in [0.1, 0.15) is 36.5 Å². The second-order valence-electron chi connectivity index (χ2n) is 9.47. The molecule has 1 atom stereocenters. The van der Waals surface area contributed by atoms with E-state index in [0.717, 1.165) is 40.1 Å². The third-order valence-electron chi connectivity index (χ3n) is 6.27. The molecule has 202 valence electrons. The molecule has 0 saturated carbocycles. The lowest BCUT2D eigenvalue weighted by molar-refractivity contribution is -0.140. The first-order valence-electron chi connectivity index (χ1n) is 12.9. The number of benzene rings is 3. The molecule has 2 amide bonds. The third-order valence-corrected chi connectivity index (χ3v) is 7.41. The molecule has 0 fully saturated rings. The van der Waals surface area contributed by atoms with E-state index in [1.54, 1.807) is 18.2 Å². The molecular formula is C30H37N3O4S. The maximum atomic E-state index is 14.0. The van der Waals surface area contributed by atoms with Crippen molar-refractivity contribution in [3.05, 3.63) is 102 Å². The van der Waals surface area contributed by atoms with Gasteiger partial charge in [-0.3, -0.25) is 13.9 Å². The monoisotopic (exact) mass is 535 g/mol. The summed E-state index contributed by atoms with van der Waals surface area (Å²) in [6, 6.07) is 25.2. The van der Waals surface area contributed by atoms with Gasteiger partial charge in [-0.2, -0.15) is 0 Å². The molecule has 0 spiro atoms. The van der Waals surface area contributed by atoms with Gasteiger partial charge in [0, 0.05) is 19.5 Å². The van der Waals surface area contributed by atoms with Crippen LogP contribution in [-0.4, -0.2) is 50.5 Å². The predicted molar refractivity (Wildman–Crippen MR) is 152 cm³/mol. The minimum atomic E-state index is -3.77. The fourth-order valence-corrected chi connectivity index (χ4v) is 5.08. The van der Waals surface area contributed by atoms with Gasteiger partial charge < -0.3 is 10.2 Å². The Bertz CT molecular complexity index is 1300. The summed E-state index contributed by atoms with van der Waals surface area (Å²) in [6.07, 6.45) is 3.14. The fourth-order valence-electron chi connectivity index (χ4n) is 4.24. The first-order chi connectivity index (χ1) is 18.2. The molecule has 8 heteroatoms. The average molecular weight is 536 g/mol. The van der Waals surface area contributed by atoms with Crippen LogP contribution in [0.4, 0.5) is 5.69 Å². The molecule has 3 rings (SSSR count). The molecular weight excluding hydrogens is 498 g/mol. The van der Waals surface area contributed by atoms with E-state index >= 15 is 0 Å². The van der Waals surface area contributed by atoms with Gasteiger partial charge in [-0.05, 0) is 42.2 Å². The minimum Gasteiger partial charge on any atom is -0.354 e. The van der Waals surface area contributed by atoms with Crippen molar-refractivity contribution in [2.24, 2.45) is 0 Å². The zero-order chi connectivity index (χ0) is 27.5. The van der Waals surface area contributed by atoms with Crippen LogP contribution < -0.4 is 9.62 Å². The number of anilines is 1. The van der Waals surface area contributed by atoms with E-state index in [4.69, 9.17) is 0 Å². The molecule has 3 aromatic rings. The first kappa shape index (κ1) is 28.9. The van der Waals surface area contributed by atoms with Crippen molar-refractivity contribution in [3.63, 3.8) is 0 Å². The minimum absolute atomic E-state index is 0.170. The SMILES string of the molecule is CCCCNC(=O)[C@H](Cc1ccccc1)N(Cc1ccccc1)C(=O)CN(c1cccc(C)c1)S(C)(=O)=O. The second-order valence-corrected chi connectivity index (χ2v) is 11.4. The average Bonchev–Trinajstić information content (AvgIpc) is 2.89. The predicted octanol–water partition coefficient (Wildman–Crippen LogP) is 4.32. The van der Waals surface area contributed by atoms with Crippen molar-refractivity contribution in [1.29, 1.82) is 0 Å². The van der Waals surface area contributed by atoms with Crippen LogP contribution in [-0.2, 0) is 32.6 Å². The molecule has 7 nitrogen and oxygen atoms in total. The van der Waals surface area contributed by atoms with Gasteiger partial charge in [0.1, 0.15) is 12.6 Å². The Morgan fingerprint density at radius 3 is 2.11 bits per heavy atom. The number of sulfonamides is 1. The lowest BCUT2D eigenvalue weighted by Gasteiger charge is -2.33. The number of aryl methyl sites for hydroxylation is 1. The van der Waals surface area contributed by atoms with Crippen LogP contribution in [0.5, 0.6) is 0 Å². The lowest BCUT2D eigenvalue weighted by Crippen LogP contribution is -2.53. The van der Waals surface area contributed by atoms with E-state index in [9.17, 15) is 18.0 Å². The molecule has 0 saturated heterocycles. The lowest BCUT2D eigenvalue weighted by atomic mass is 10.0. The molecule has 1 N–H and O–H groups in total. The Labute approximate surface area is 226 Å². The van der Waals surface area contributed by atoms with Crippen LogP contribution in [0.15, 0.2) is 84.9 Å². The van der Waals surface area contributed by atoms with Gasteiger partial charge in [0.2, 0.25) is 21.8 Å². The van der Waals surface area contributed by atoms with E-state index in [0.29, 0.717) is 18.7 Å². The Balaban J connectivity index is 2.01. The van der Waals surface area contributed by atoms with Crippen molar-refractivity contribution < 1.29 is 18.0 Å². The Hall–Kier alpha value is -3.65. The highest BCUT2D eigenvalue weighted by Gasteiger charge is 2.32. The number of rotatable bonds is 13. The van der Waals surface area contributed by atoms with Gasteiger partial charge in [-0.15, -0.1) is 0 Å². The number of nitrogens with zero attached hydrogens (tertiary/aromatic N) is 2. The quantitative estimate of drug-likeness (QED) is 0.330. The van der Waals surface area contributed by atoms with Gasteiger partial charge in [0.15, 0.2) is 0 Å². The maximum Gasteiger partial charge on any atom is 0.244 e. The zero-order valence-electron chi connectivity index (χ0n) is 22.3. The number of carbonyl (C=O) groups is 2. The summed E-state index contributed by atoms with van der Waals surface area (Å²) in [5.41, 5.74) is 3.05. The van der Waals surface area contributed by atoms with Crippen molar-refractivity contribution in [2.45, 2.75) is 45.7 Å². The van der Waals surface area contributed by atoms with Crippen molar-refractivity contribution in [3.8, 4) is 0 Å². The van der Waals surface area contributed by atoms with Crippen LogP contribution in [0.25, 0.3) is 0 Å². The van der Waals surface area contributed by atoms with Gasteiger partial charge in [0.25, 0.3) is 0 Å². The smallest absolute Gasteiger partial charge is 0.244 e. The number of hydrogen-bond donors (Lipinski definition) is 1. The first-order valence-corrected chi connectivity index (χ1v) is 14.7. The maximum absolute atomic E-state index is 14.0. The van der Waals surface area contributed by atoms with E-state index in [1.165, 1.54) is 4.90 Å². The number of hydrogen-bond acceptors (Lipinski definition) is 4. The van der Waals surface area contributed by atoms with Crippen molar-refractivity contribution >= 4 is 27.5 Å². The van der Waals surface area contributed by atoms with Crippen LogP contribution in [0.2, 0.25) is 0 Å². The summed E-state index contributed by atoms with van der Waals surface area (Å²) in [6.45, 7) is 4.17. The number of unbranched alkanes of at least 4 members (excludes halogenated alkanes) is 1. The van der Waals surface area contributed by atoms with Crippen LogP contribution in [0.3, 0.4) is 0 Å². The largest absolute Gasteiger partial charge is 0.354 e. The van der Waals surface area contributed by atoms with Gasteiger partial charge in [-0.1, -0.05) is 86.1 Å². The van der Waals surface area contributed by atoms with Crippen molar-refractivity contribution in [2.75, 3.05) is 23.7 Å². The summed E-state index contributed by atoms with van der Waals surface area (Å²) in [4.78, 5) is 29.0. The topological polar surface area (TPSA) is 86.8 Å². The molecule has 0 aliphatic rings. The Morgan fingerprint density at radius 1 is 0.895 bits per heavy atom. The second kappa shape index (κ2) is 13.8. The number of carbonyl (C=O) groups excluding carboxylic acids is 2. The molecule has 0 aliphatic carbocycles. The summed E-state index contributed by atoms with van der Waals surface area (Å²) < 4.78 is 26.7. The Morgan fingerprint density at radius 2 is 1.53 bits per heavy atom. The van der Waals surface area contributed by atoms with Crippen molar-refractivity contribution in [1.82, 2.24) is 10.2 Å². The molecule has 0 bridgehead atoms. The van der Waals surface area contributed by atoms with Gasteiger partial charge in [0.05, 0.1) is 11.9 Å². The molecule has 3 aromatic carbocycles. The summed E-state index contributed by atoms with van der Waals surface area (Å²) in [5, 5.41) is 2.98. The fraction of sp³-hybridized carbons (Fsp3) is 0.333. The normalized spacial score (nSPS) is 12.0. The van der Waals surface area contributed by atoms with Gasteiger partial charge in [-0.25, -0.2) is 8.42 Å². The highest BCUT2D eigenvalue weighted by molar-refractivity contribution is 7.92. The highest BCUT2D eigenvalue weighted by Crippen LogP contribution is 2.21. The number of nitrogens with one attached hydrogen (secondary N) is 1. The summed E-state index contributed by atoms with van der Waals surface area (Å²) in [7, 11) is -3.77. The van der Waals surface area contributed by atoms with Gasteiger partial charge >= 0.3 is 0 Å². The van der Waals surface area contributed by atoms with Crippen LogP contribution in [0, 0.1) is 6.92 Å². The molecule has 0 radical (unpaired) electrons. The highest BCUT2D eigenvalue weighted by atomic mass is 32.2. The summed E-state index contributed by atoms with van der Waals surface area (Å²) >= 11 is 0. The van der Waals surface area contributed by atoms with E-state index in [1.807, 2.05) is 80.6 Å². The molecule has 0 unspecified atom stereocenters. The summed E-state index contributed by atoms with van der Waals surface area (Å²) in [5.74, 6) is -0.708. The third kappa shape index (κ3) is 8.45. The van der Waals surface area contributed by atoms with Crippen LogP contribution >= 0.6 is 0 Å². The van der Waals surface area contributed by atoms with E-state index in [2.05, 4.69) is 5.32 Å². The standard InChI is InChI=1S/C30H37N3O4S/c1-4-5-19-31-30(35)28(21-25-14-8-6-9-15-25)32(22-26-16-10-7-11-17-26)29(34)23-33(38(3,36)37)27-18-12-13-24(2)20-27/h6-18,20,28H,4-5,19,21-23H2,1-3H3,(H,31,35)/t28-/m0/s1. The molecule has 38 heavy (non-hydrogen) atoms.